The Hall–Kier alpha value is -3.39. The van der Waals surface area contributed by atoms with Gasteiger partial charge in [0, 0.05) is 25.6 Å². The molecule has 5 rings (SSSR count). The van der Waals surface area contributed by atoms with E-state index in [9.17, 15) is 14.4 Å². The first-order chi connectivity index (χ1) is 16.5. The van der Waals surface area contributed by atoms with Crippen LogP contribution in [0.5, 0.6) is 0 Å². The van der Waals surface area contributed by atoms with Gasteiger partial charge >= 0.3 is 12.1 Å². The lowest BCUT2D eigenvalue weighted by Gasteiger charge is -2.26. The molecular formula is C26H28N2O6. The number of amides is 2. The van der Waals surface area contributed by atoms with Crippen LogP contribution >= 0.6 is 0 Å². The number of likely N-dealkylation sites (tertiary alicyclic amines) is 1. The van der Waals surface area contributed by atoms with Gasteiger partial charge in [0.2, 0.25) is 5.91 Å². The molecule has 0 bridgehead atoms. The lowest BCUT2D eigenvalue weighted by atomic mass is 9.98. The molecule has 2 amide bonds. The third-order valence-electron chi connectivity index (χ3n) is 7.22. The summed E-state index contributed by atoms with van der Waals surface area (Å²) < 4.78 is 10.9. The van der Waals surface area contributed by atoms with Crippen molar-refractivity contribution in [1.29, 1.82) is 0 Å². The molecular weight excluding hydrogens is 436 g/mol. The number of nitrogens with zero attached hydrogens (tertiary/aromatic N) is 1. The predicted molar refractivity (Wildman–Crippen MR) is 123 cm³/mol. The second-order valence-corrected chi connectivity index (χ2v) is 9.13. The van der Waals surface area contributed by atoms with Crippen LogP contribution < -0.4 is 5.32 Å². The molecule has 2 aromatic rings. The molecule has 2 fully saturated rings. The van der Waals surface area contributed by atoms with Crippen molar-refractivity contribution in [1.82, 2.24) is 10.2 Å². The van der Waals surface area contributed by atoms with Crippen LogP contribution in [0.15, 0.2) is 48.5 Å². The smallest absolute Gasteiger partial charge is 0.407 e. The van der Waals surface area contributed by atoms with E-state index in [1.165, 1.54) is 11.1 Å². The van der Waals surface area contributed by atoms with E-state index in [-0.39, 0.29) is 55.9 Å². The summed E-state index contributed by atoms with van der Waals surface area (Å²) in [5.74, 6) is -0.923. The first-order valence-electron chi connectivity index (χ1n) is 11.7. The minimum Gasteiger partial charge on any atom is -0.481 e. The van der Waals surface area contributed by atoms with E-state index in [0.717, 1.165) is 17.5 Å². The Labute approximate surface area is 197 Å². The number of hydrogen-bond donors (Lipinski definition) is 2. The van der Waals surface area contributed by atoms with Gasteiger partial charge in [-0.2, -0.15) is 0 Å². The van der Waals surface area contributed by atoms with Crippen molar-refractivity contribution in [3.05, 3.63) is 59.7 Å². The van der Waals surface area contributed by atoms with Crippen molar-refractivity contribution < 1.29 is 29.0 Å². The van der Waals surface area contributed by atoms with Gasteiger partial charge in [0.1, 0.15) is 13.2 Å². The molecule has 0 spiro atoms. The zero-order chi connectivity index (χ0) is 23.7. The first kappa shape index (κ1) is 22.4. The van der Waals surface area contributed by atoms with Gasteiger partial charge in [0.05, 0.1) is 12.5 Å². The van der Waals surface area contributed by atoms with E-state index in [2.05, 4.69) is 29.6 Å². The average molecular weight is 465 g/mol. The van der Waals surface area contributed by atoms with Gasteiger partial charge in [-0.15, -0.1) is 0 Å². The van der Waals surface area contributed by atoms with Gasteiger partial charge < -0.3 is 24.8 Å². The second kappa shape index (κ2) is 9.46. The highest BCUT2D eigenvalue weighted by Crippen LogP contribution is 2.51. The normalized spacial score (nSPS) is 22.4. The highest BCUT2D eigenvalue weighted by Gasteiger charge is 2.57. The van der Waals surface area contributed by atoms with E-state index < -0.39 is 12.1 Å². The molecule has 2 aliphatic carbocycles. The zero-order valence-electron chi connectivity index (χ0n) is 18.8. The molecule has 2 N–H and O–H groups in total. The zero-order valence-corrected chi connectivity index (χ0v) is 18.8. The largest absolute Gasteiger partial charge is 0.481 e. The summed E-state index contributed by atoms with van der Waals surface area (Å²) in [6.07, 6.45) is 0.212. The quantitative estimate of drug-likeness (QED) is 0.582. The molecule has 3 atom stereocenters. The highest BCUT2D eigenvalue weighted by atomic mass is 16.5. The molecule has 3 aliphatic rings. The Morgan fingerprint density at radius 2 is 1.68 bits per heavy atom. The van der Waals surface area contributed by atoms with Crippen LogP contribution in [0, 0.1) is 17.8 Å². The fraction of sp³-hybridized carbons (Fsp3) is 0.423. The summed E-state index contributed by atoms with van der Waals surface area (Å²) in [4.78, 5) is 37.4. The van der Waals surface area contributed by atoms with Crippen LogP contribution in [0.4, 0.5) is 4.79 Å². The summed E-state index contributed by atoms with van der Waals surface area (Å²) in [6.45, 7) is 1.64. The van der Waals surface area contributed by atoms with Gasteiger partial charge in [0.15, 0.2) is 0 Å². The number of benzene rings is 2. The number of rotatable bonds is 8. The molecule has 0 radical (unpaired) electrons. The monoisotopic (exact) mass is 464 g/mol. The predicted octanol–water partition coefficient (Wildman–Crippen LogP) is 2.72. The maximum absolute atomic E-state index is 12.3. The van der Waals surface area contributed by atoms with Crippen molar-refractivity contribution in [2.45, 2.75) is 12.3 Å². The average Bonchev–Trinajstić information content (AvgIpc) is 3.50. The van der Waals surface area contributed by atoms with E-state index in [1.807, 2.05) is 24.3 Å². The standard InChI is InChI=1S/C26H28N2O6/c29-23(28-11-9-20-21(13-28)24(20)25(30)31)15-33-12-10-27-26(32)34-14-22-18-7-3-1-5-16(18)17-6-2-4-8-19(17)22/h1-8,20-22,24H,9-15H2,(H,27,32)(H,30,31)/t20-,21+,24?/m1/s1. The number of carboxylic acids is 1. The number of nitrogens with one attached hydrogen (secondary N) is 1. The summed E-state index contributed by atoms with van der Waals surface area (Å²) in [5, 5.41) is 11.8. The molecule has 34 heavy (non-hydrogen) atoms. The van der Waals surface area contributed by atoms with Crippen molar-refractivity contribution in [2.24, 2.45) is 17.8 Å². The third kappa shape index (κ3) is 4.37. The van der Waals surface area contributed by atoms with Gasteiger partial charge in [-0.1, -0.05) is 48.5 Å². The number of fused-ring (bicyclic) bond motifs is 4. The molecule has 1 heterocycles. The number of carbonyl (C=O) groups is 3. The Balaban J connectivity index is 1.01. The Morgan fingerprint density at radius 3 is 2.35 bits per heavy atom. The Kier molecular flexibility index (Phi) is 6.24. The van der Waals surface area contributed by atoms with Crippen molar-refractivity contribution >= 4 is 18.0 Å². The lowest BCUT2D eigenvalue weighted by molar-refractivity contribution is -0.140. The maximum atomic E-state index is 12.3. The van der Waals surface area contributed by atoms with E-state index in [1.54, 1.807) is 4.90 Å². The number of alkyl carbamates (subject to hydrolysis) is 1. The molecule has 178 valence electrons. The number of hydrogen-bond acceptors (Lipinski definition) is 5. The van der Waals surface area contributed by atoms with Crippen LogP contribution in [-0.4, -0.2) is 67.4 Å². The molecule has 1 saturated carbocycles. The van der Waals surface area contributed by atoms with Crippen molar-refractivity contribution in [3.63, 3.8) is 0 Å². The van der Waals surface area contributed by atoms with E-state index in [0.29, 0.717) is 13.1 Å². The van der Waals surface area contributed by atoms with Crippen LogP contribution in [0.3, 0.4) is 0 Å². The lowest BCUT2D eigenvalue weighted by Crippen LogP contribution is -2.39. The summed E-state index contributed by atoms with van der Waals surface area (Å²) in [7, 11) is 0. The van der Waals surface area contributed by atoms with Gasteiger partial charge in [0.25, 0.3) is 0 Å². The van der Waals surface area contributed by atoms with Crippen molar-refractivity contribution in [3.8, 4) is 11.1 Å². The number of carbonyl (C=O) groups excluding carboxylic acids is 2. The number of piperidine rings is 1. The molecule has 1 unspecified atom stereocenters. The fourth-order valence-corrected chi connectivity index (χ4v) is 5.46. The van der Waals surface area contributed by atoms with Crippen LogP contribution in [-0.2, 0) is 19.1 Å². The van der Waals surface area contributed by atoms with Crippen LogP contribution in [0.1, 0.15) is 23.5 Å². The van der Waals surface area contributed by atoms with Crippen molar-refractivity contribution in [2.75, 3.05) is 39.5 Å². The number of aliphatic carboxylic acids is 1. The Morgan fingerprint density at radius 1 is 1.00 bits per heavy atom. The van der Waals surface area contributed by atoms with Crippen LogP contribution in [0.2, 0.25) is 0 Å². The maximum Gasteiger partial charge on any atom is 0.407 e. The van der Waals surface area contributed by atoms with Gasteiger partial charge in [-0.05, 0) is 40.5 Å². The van der Waals surface area contributed by atoms with Gasteiger partial charge in [-0.25, -0.2) is 4.79 Å². The molecule has 1 aliphatic heterocycles. The van der Waals surface area contributed by atoms with Crippen LogP contribution in [0.25, 0.3) is 11.1 Å². The third-order valence-corrected chi connectivity index (χ3v) is 7.22. The Bertz CT molecular complexity index is 1060. The number of ether oxygens (including phenoxy) is 2. The molecule has 2 aromatic carbocycles. The highest BCUT2D eigenvalue weighted by molar-refractivity contribution is 5.80. The topological polar surface area (TPSA) is 105 Å². The number of carboxylic acid groups (broad SMARTS) is 1. The molecule has 0 aromatic heterocycles. The SMILES string of the molecule is O=C(NCCOCC(=O)N1CC[C@H]2C(C(=O)O)[C@H]2C1)OCC1c2ccccc2-c2ccccc21. The van der Waals surface area contributed by atoms with E-state index in [4.69, 9.17) is 14.6 Å². The molecule has 8 nitrogen and oxygen atoms in total. The molecule has 8 heteroatoms. The minimum absolute atomic E-state index is 0.00311. The summed E-state index contributed by atoms with van der Waals surface area (Å²) in [5.41, 5.74) is 4.66. The van der Waals surface area contributed by atoms with Gasteiger partial charge in [-0.3, -0.25) is 9.59 Å². The van der Waals surface area contributed by atoms with E-state index >= 15 is 0 Å². The second-order valence-electron chi connectivity index (χ2n) is 9.13. The summed E-state index contributed by atoms with van der Waals surface area (Å²) >= 11 is 0. The first-order valence-corrected chi connectivity index (χ1v) is 11.7. The minimum atomic E-state index is -0.764. The summed E-state index contributed by atoms with van der Waals surface area (Å²) in [6, 6.07) is 16.3. The fourth-order valence-electron chi connectivity index (χ4n) is 5.46. The molecule has 1 saturated heterocycles.